The molecule has 30 heavy (non-hydrogen) atoms. The Morgan fingerprint density at radius 1 is 0.833 bits per heavy atom. The summed E-state index contributed by atoms with van der Waals surface area (Å²) in [6.07, 6.45) is 1.88. The SMILES string of the molecule is CC.CC.Cc1cccc2c(C(C)C)coc12.Cc1cccc2c1OC[C@H]2C(C)C. The number of hydrogen-bond donors (Lipinski definition) is 0. The molecule has 1 atom stereocenters. The number of hydrogen-bond acceptors (Lipinski definition) is 2. The van der Waals surface area contributed by atoms with Crippen molar-refractivity contribution in [3.8, 4) is 5.75 Å². The number of furan rings is 1. The molecule has 0 saturated carbocycles. The molecule has 1 aromatic heterocycles. The molecule has 1 aliphatic rings. The second-order valence-corrected chi connectivity index (χ2v) is 7.95. The Morgan fingerprint density at radius 2 is 1.43 bits per heavy atom. The van der Waals surface area contributed by atoms with Crippen molar-refractivity contribution in [2.45, 2.75) is 81.1 Å². The summed E-state index contributed by atoms with van der Waals surface area (Å²) in [7, 11) is 0. The van der Waals surface area contributed by atoms with E-state index in [1.807, 2.05) is 34.0 Å². The monoisotopic (exact) mass is 410 g/mol. The zero-order valence-corrected chi connectivity index (χ0v) is 20.8. The van der Waals surface area contributed by atoms with E-state index in [0.717, 1.165) is 17.9 Å². The van der Waals surface area contributed by atoms with Crippen molar-refractivity contribution in [2.24, 2.45) is 5.92 Å². The van der Waals surface area contributed by atoms with Crippen LogP contribution in [0.5, 0.6) is 5.75 Å². The van der Waals surface area contributed by atoms with Crippen molar-refractivity contribution in [1.82, 2.24) is 0 Å². The van der Waals surface area contributed by atoms with Gasteiger partial charge < -0.3 is 9.15 Å². The second kappa shape index (κ2) is 12.5. The van der Waals surface area contributed by atoms with Crippen LogP contribution in [0.2, 0.25) is 0 Å². The normalized spacial score (nSPS) is 14.1. The molecule has 2 aromatic carbocycles. The molecule has 2 heterocycles. The summed E-state index contributed by atoms with van der Waals surface area (Å²) in [6.45, 7) is 21.9. The van der Waals surface area contributed by atoms with Gasteiger partial charge in [0.1, 0.15) is 11.3 Å². The number of rotatable bonds is 2. The van der Waals surface area contributed by atoms with Gasteiger partial charge in [-0.2, -0.15) is 0 Å². The van der Waals surface area contributed by atoms with Crippen LogP contribution in [0, 0.1) is 19.8 Å². The van der Waals surface area contributed by atoms with Gasteiger partial charge in [-0.05, 0) is 36.8 Å². The Bertz CT molecular complexity index is 887. The highest BCUT2D eigenvalue weighted by Gasteiger charge is 2.27. The smallest absolute Gasteiger partial charge is 0.137 e. The van der Waals surface area contributed by atoms with E-state index < -0.39 is 0 Å². The van der Waals surface area contributed by atoms with Crippen LogP contribution in [0.4, 0.5) is 0 Å². The average molecular weight is 411 g/mol. The van der Waals surface area contributed by atoms with Crippen LogP contribution in [0.1, 0.15) is 89.5 Å². The molecule has 0 spiro atoms. The summed E-state index contributed by atoms with van der Waals surface area (Å²) in [4.78, 5) is 0. The Hall–Kier alpha value is -2.22. The van der Waals surface area contributed by atoms with Gasteiger partial charge in [-0.15, -0.1) is 0 Å². The van der Waals surface area contributed by atoms with Crippen LogP contribution >= 0.6 is 0 Å². The van der Waals surface area contributed by atoms with Crippen molar-refractivity contribution >= 4 is 11.0 Å². The lowest BCUT2D eigenvalue weighted by Gasteiger charge is -2.12. The molecule has 1 aliphatic heterocycles. The predicted molar refractivity (Wildman–Crippen MR) is 132 cm³/mol. The Morgan fingerprint density at radius 3 is 2.03 bits per heavy atom. The molecule has 0 N–H and O–H groups in total. The molecule has 2 nitrogen and oxygen atoms in total. The van der Waals surface area contributed by atoms with Crippen LogP contribution in [0.3, 0.4) is 0 Å². The molecule has 0 fully saturated rings. The number of fused-ring (bicyclic) bond motifs is 2. The van der Waals surface area contributed by atoms with Gasteiger partial charge in [0, 0.05) is 22.4 Å². The molecule has 166 valence electrons. The lowest BCUT2D eigenvalue weighted by molar-refractivity contribution is 0.302. The van der Waals surface area contributed by atoms with Crippen molar-refractivity contribution in [1.29, 1.82) is 0 Å². The van der Waals surface area contributed by atoms with E-state index in [0.29, 0.717) is 17.8 Å². The largest absolute Gasteiger partial charge is 0.492 e. The van der Waals surface area contributed by atoms with Gasteiger partial charge in [0.05, 0.1) is 12.9 Å². The van der Waals surface area contributed by atoms with Gasteiger partial charge in [0.2, 0.25) is 0 Å². The van der Waals surface area contributed by atoms with E-state index >= 15 is 0 Å². The van der Waals surface area contributed by atoms with E-state index in [9.17, 15) is 0 Å². The molecule has 2 heteroatoms. The van der Waals surface area contributed by atoms with Crippen LogP contribution in [-0.4, -0.2) is 6.61 Å². The van der Waals surface area contributed by atoms with Crippen molar-refractivity contribution < 1.29 is 9.15 Å². The Kier molecular flexibility index (Phi) is 10.7. The first-order chi connectivity index (χ1) is 14.4. The molecular formula is C28H42O2. The predicted octanol–water partition coefficient (Wildman–Crippen LogP) is 9.04. The minimum absolute atomic E-state index is 0.531. The zero-order chi connectivity index (χ0) is 22.8. The van der Waals surface area contributed by atoms with Gasteiger partial charge >= 0.3 is 0 Å². The summed E-state index contributed by atoms with van der Waals surface area (Å²) in [5.74, 6) is 2.92. The number of para-hydroxylation sites is 2. The van der Waals surface area contributed by atoms with Gasteiger partial charge in [-0.25, -0.2) is 0 Å². The number of aryl methyl sites for hydroxylation is 2. The molecule has 0 unspecified atom stereocenters. The second-order valence-electron chi connectivity index (χ2n) is 7.95. The van der Waals surface area contributed by atoms with E-state index in [1.165, 1.54) is 27.6 Å². The Balaban J connectivity index is 0.000000258. The minimum Gasteiger partial charge on any atom is -0.492 e. The summed E-state index contributed by atoms with van der Waals surface area (Å²) < 4.78 is 11.2. The fourth-order valence-corrected chi connectivity index (χ4v) is 3.65. The molecule has 0 aliphatic carbocycles. The third-order valence-electron chi connectivity index (χ3n) is 5.30. The van der Waals surface area contributed by atoms with Gasteiger partial charge in [0.25, 0.3) is 0 Å². The van der Waals surface area contributed by atoms with Crippen molar-refractivity contribution in [3.63, 3.8) is 0 Å². The fourth-order valence-electron chi connectivity index (χ4n) is 3.65. The molecule has 4 rings (SSSR count). The summed E-state index contributed by atoms with van der Waals surface area (Å²) in [6, 6.07) is 12.7. The molecule has 0 saturated heterocycles. The first-order valence-corrected chi connectivity index (χ1v) is 11.6. The molecule has 3 aromatic rings. The van der Waals surface area contributed by atoms with E-state index in [2.05, 4.69) is 77.9 Å². The first-order valence-electron chi connectivity index (χ1n) is 11.6. The zero-order valence-electron chi connectivity index (χ0n) is 20.8. The maximum absolute atomic E-state index is 5.70. The number of ether oxygens (including phenoxy) is 1. The summed E-state index contributed by atoms with van der Waals surface area (Å²) >= 11 is 0. The summed E-state index contributed by atoms with van der Waals surface area (Å²) in [5.41, 5.74) is 6.21. The first kappa shape index (κ1) is 25.8. The Labute approximate surface area is 184 Å². The molecule has 0 amide bonds. The number of benzene rings is 2. The van der Waals surface area contributed by atoms with Gasteiger partial charge in [-0.1, -0.05) is 91.8 Å². The maximum atomic E-state index is 5.70. The lowest BCUT2D eigenvalue weighted by atomic mass is 9.90. The van der Waals surface area contributed by atoms with Gasteiger partial charge in [-0.3, -0.25) is 0 Å². The highest BCUT2D eigenvalue weighted by atomic mass is 16.5. The highest BCUT2D eigenvalue weighted by Crippen LogP contribution is 2.39. The molecule has 0 bridgehead atoms. The van der Waals surface area contributed by atoms with Gasteiger partial charge in [0.15, 0.2) is 0 Å². The summed E-state index contributed by atoms with van der Waals surface area (Å²) in [5, 5.41) is 1.26. The van der Waals surface area contributed by atoms with Crippen molar-refractivity contribution in [3.05, 3.63) is 64.9 Å². The minimum atomic E-state index is 0.531. The molecule has 0 radical (unpaired) electrons. The third-order valence-corrected chi connectivity index (χ3v) is 5.30. The third kappa shape index (κ3) is 5.90. The highest BCUT2D eigenvalue weighted by molar-refractivity contribution is 5.84. The van der Waals surface area contributed by atoms with Crippen LogP contribution in [0.15, 0.2) is 47.1 Å². The van der Waals surface area contributed by atoms with Crippen LogP contribution < -0.4 is 4.74 Å². The van der Waals surface area contributed by atoms with Crippen molar-refractivity contribution in [2.75, 3.05) is 6.61 Å². The van der Waals surface area contributed by atoms with E-state index in [4.69, 9.17) is 9.15 Å². The standard InChI is InChI=1S/C12H16O.C12H14O.2C2H6/c2*1-8(2)11-7-13-12-9(3)5-4-6-10(11)12;2*1-2/h4-6,8,11H,7H2,1-3H3;4-8H,1-3H3;2*1-2H3/t11-;;;/m0.../s1. The van der Waals surface area contributed by atoms with E-state index in [1.54, 1.807) is 0 Å². The van der Waals surface area contributed by atoms with Crippen LogP contribution in [-0.2, 0) is 0 Å². The molecular weight excluding hydrogens is 368 g/mol. The topological polar surface area (TPSA) is 22.4 Å². The fraction of sp³-hybridized carbons (Fsp3) is 0.500. The lowest BCUT2D eigenvalue weighted by Crippen LogP contribution is -2.07. The quantitative estimate of drug-likeness (QED) is 0.420. The average Bonchev–Trinajstić information content (AvgIpc) is 3.38. The maximum Gasteiger partial charge on any atom is 0.137 e. The van der Waals surface area contributed by atoms with E-state index in [-0.39, 0.29) is 0 Å². The van der Waals surface area contributed by atoms with Crippen LogP contribution in [0.25, 0.3) is 11.0 Å².